The predicted octanol–water partition coefficient (Wildman–Crippen LogP) is 2.83. The molecule has 1 aromatic rings. The molecule has 0 bridgehead atoms. The zero-order valence-corrected chi connectivity index (χ0v) is 13.9. The minimum Gasteiger partial charge on any atom is -0.474 e. The summed E-state index contributed by atoms with van der Waals surface area (Å²) in [5.41, 5.74) is -0.463. The Balaban J connectivity index is 1.93. The molecule has 22 heavy (non-hydrogen) atoms. The summed E-state index contributed by atoms with van der Waals surface area (Å²) in [4.78, 5) is 16.5. The van der Waals surface area contributed by atoms with E-state index in [1.165, 1.54) is 0 Å². The standard InChI is InChI=1S/C16H23ClN2O3/c1-3-16(2,11-22-15-13(17)7-4-8-18-15)19-14(20)12-6-5-9-21-10-12/h4,7-8,12H,3,5-6,9-11H2,1-2H3,(H,19,20)/t12-,16+/m1/s1. The monoisotopic (exact) mass is 326 g/mol. The molecule has 0 unspecified atom stereocenters. The van der Waals surface area contributed by atoms with Crippen LogP contribution in [0.5, 0.6) is 5.88 Å². The van der Waals surface area contributed by atoms with Gasteiger partial charge in [-0.05, 0) is 38.3 Å². The van der Waals surface area contributed by atoms with Crippen LogP contribution in [0, 0.1) is 5.92 Å². The van der Waals surface area contributed by atoms with Gasteiger partial charge in [-0.1, -0.05) is 18.5 Å². The molecule has 2 atom stereocenters. The summed E-state index contributed by atoms with van der Waals surface area (Å²) in [6, 6.07) is 3.48. The van der Waals surface area contributed by atoms with Crippen molar-refractivity contribution >= 4 is 17.5 Å². The van der Waals surface area contributed by atoms with Crippen molar-refractivity contribution in [2.24, 2.45) is 5.92 Å². The van der Waals surface area contributed by atoms with E-state index in [-0.39, 0.29) is 11.8 Å². The van der Waals surface area contributed by atoms with Gasteiger partial charge in [-0.15, -0.1) is 0 Å². The maximum atomic E-state index is 12.4. The van der Waals surface area contributed by atoms with E-state index >= 15 is 0 Å². The topological polar surface area (TPSA) is 60.5 Å². The van der Waals surface area contributed by atoms with E-state index in [4.69, 9.17) is 21.1 Å². The average Bonchev–Trinajstić information content (AvgIpc) is 2.55. The summed E-state index contributed by atoms with van der Waals surface area (Å²) in [7, 11) is 0. The van der Waals surface area contributed by atoms with Crippen molar-refractivity contribution in [1.82, 2.24) is 10.3 Å². The normalized spacial score (nSPS) is 21.0. The van der Waals surface area contributed by atoms with E-state index in [9.17, 15) is 4.79 Å². The highest BCUT2D eigenvalue weighted by molar-refractivity contribution is 6.31. The fourth-order valence-electron chi connectivity index (χ4n) is 2.28. The molecule has 0 aliphatic carbocycles. The first-order chi connectivity index (χ1) is 10.5. The van der Waals surface area contributed by atoms with Crippen molar-refractivity contribution < 1.29 is 14.3 Å². The summed E-state index contributed by atoms with van der Waals surface area (Å²) in [5, 5.41) is 3.55. The molecule has 0 spiro atoms. The first-order valence-corrected chi connectivity index (χ1v) is 8.05. The van der Waals surface area contributed by atoms with Crippen molar-refractivity contribution in [3.05, 3.63) is 23.4 Å². The van der Waals surface area contributed by atoms with Crippen molar-refractivity contribution in [3.8, 4) is 5.88 Å². The molecule has 1 aromatic heterocycles. The Hall–Kier alpha value is -1.33. The molecule has 1 aliphatic rings. The summed E-state index contributed by atoms with van der Waals surface area (Å²) in [6.07, 6.45) is 4.18. The van der Waals surface area contributed by atoms with E-state index in [1.807, 2.05) is 13.8 Å². The van der Waals surface area contributed by atoms with E-state index in [0.29, 0.717) is 24.1 Å². The number of hydrogen-bond acceptors (Lipinski definition) is 4. The van der Waals surface area contributed by atoms with Gasteiger partial charge in [0.25, 0.3) is 0 Å². The van der Waals surface area contributed by atoms with Crippen LogP contribution in [-0.4, -0.2) is 36.3 Å². The molecule has 0 saturated carbocycles. The van der Waals surface area contributed by atoms with Crippen molar-refractivity contribution in [2.45, 2.75) is 38.6 Å². The van der Waals surface area contributed by atoms with Gasteiger partial charge in [0.05, 0.1) is 18.1 Å². The molecule has 1 amide bonds. The highest BCUT2D eigenvalue weighted by atomic mass is 35.5. The number of aromatic nitrogens is 1. The quantitative estimate of drug-likeness (QED) is 0.873. The third-order valence-electron chi connectivity index (χ3n) is 3.99. The van der Waals surface area contributed by atoms with E-state index in [1.54, 1.807) is 18.3 Å². The van der Waals surface area contributed by atoms with Crippen LogP contribution in [0.15, 0.2) is 18.3 Å². The summed E-state index contributed by atoms with van der Waals surface area (Å²) >= 11 is 6.03. The van der Waals surface area contributed by atoms with Crippen LogP contribution in [0.1, 0.15) is 33.1 Å². The van der Waals surface area contributed by atoms with Crippen LogP contribution >= 0.6 is 11.6 Å². The molecule has 1 saturated heterocycles. The lowest BCUT2D eigenvalue weighted by molar-refractivity contribution is -0.131. The average molecular weight is 327 g/mol. The second-order valence-corrected chi connectivity index (χ2v) is 6.30. The van der Waals surface area contributed by atoms with Gasteiger partial charge in [-0.3, -0.25) is 4.79 Å². The van der Waals surface area contributed by atoms with Gasteiger partial charge in [0.15, 0.2) is 0 Å². The Morgan fingerprint density at radius 2 is 2.45 bits per heavy atom. The van der Waals surface area contributed by atoms with Gasteiger partial charge in [0.2, 0.25) is 11.8 Å². The van der Waals surface area contributed by atoms with Gasteiger partial charge >= 0.3 is 0 Å². The van der Waals surface area contributed by atoms with E-state index in [0.717, 1.165) is 25.9 Å². The van der Waals surface area contributed by atoms with Crippen LogP contribution in [0.25, 0.3) is 0 Å². The lowest BCUT2D eigenvalue weighted by atomic mass is 9.96. The lowest BCUT2D eigenvalue weighted by Crippen LogP contribution is -2.52. The summed E-state index contributed by atoms with van der Waals surface area (Å²) in [5.74, 6) is 0.344. The van der Waals surface area contributed by atoms with Crippen LogP contribution < -0.4 is 10.1 Å². The third kappa shape index (κ3) is 4.58. The Morgan fingerprint density at radius 1 is 1.64 bits per heavy atom. The minimum absolute atomic E-state index is 0.0276. The predicted molar refractivity (Wildman–Crippen MR) is 85.1 cm³/mol. The Morgan fingerprint density at radius 3 is 3.09 bits per heavy atom. The van der Waals surface area contributed by atoms with Crippen molar-refractivity contribution in [2.75, 3.05) is 19.8 Å². The molecule has 1 aliphatic heterocycles. The number of nitrogens with one attached hydrogen (secondary N) is 1. The maximum absolute atomic E-state index is 12.4. The number of halogens is 1. The number of carbonyl (C=O) groups excluding carboxylic acids is 1. The minimum atomic E-state index is -0.463. The van der Waals surface area contributed by atoms with E-state index < -0.39 is 5.54 Å². The van der Waals surface area contributed by atoms with E-state index in [2.05, 4.69) is 10.3 Å². The van der Waals surface area contributed by atoms with Crippen molar-refractivity contribution in [3.63, 3.8) is 0 Å². The molecule has 5 nitrogen and oxygen atoms in total. The maximum Gasteiger partial charge on any atom is 0.232 e. The molecular weight excluding hydrogens is 304 g/mol. The highest BCUT2D eigenvalue weighted by Gasteiger charge is 2.30. The van der Waals surface area contributed by atoms with Crippen LogP contribution in [0.3, 0.4) is 0 Å². The summed E-state index contributed by atoms with van der Waals surface area (Å²) < 4.78 is 11.1. The third-order valence-corrected chi connectivity index (χ3v) is 4.28. The number of amides is 1. The highest BCUT2D eigenvalue weighted by Crippen LogP contribution is 2.22. The van der Waals surface area contributed by atoms with Gasteiger partial charge in [0, 0.05) is 12.8 Å². The number of carbonyl (C=O) groups is 1. The zero-order valence-electron chi connectivity index (χ0n) is 13.1. The Bertz CT molecular complexity index is 506. The first kappa shape index (κ1) is 17.0. The lowest BCUT2D eigenvalue weighted by Gasteiger charge is -2.32. The molecule has 122 valence electrons. The van der Waals surface area contributed by atoms with Gasteiger partial charge in [0.1, 0.15) is 11.6 Å². The fourth-order valence-corrected chi connectivity index (χ4v) is 2.45. The number of ether oxygens (including phenoxy) is 2. The number of hydrogen-bond donors (Lipinski definition) is 1. The smallest absolute Gasteiger partial charge is 0.232 e. The molecule has 2 rings (SSSR count). The second kappa shape index (κ2) is 7.79. The molecule has 0 aromatic carbocycles. The molecule has 0 radical (unpaired) electrons. The molecule has 1 N–H and O–H groups in total. The fraction of sp³-hybridized carbons (Fsp3) is 0.625. The van der Waals surface area contributed by atoms with Gasteiger partial charge in [-0.2, -0.15) is 0 Å². The summed E-state index contributed by atoms with van der Waals surface area (Å²) in [6.45, 7) is 5.54. The van der Waals surface area contributed by atoms with Crippen LogP contribution in [0.2, 0.25) is 5.02 Å². The molecule has 2 heterocycles. The second-order valence-electron chi connectivity index (χ2n) is 5.90. The Labute approximate surface area is 136 Å². The molecular formula is C16H23ClN2O3. The number of pyridine rings is 1. The number of rotatable bonds is 6. The van der Waals surface area contributed by atoms with Crippen LogP contribution in [0.4, 0.5) is 0 Å². The molecule has 1 fully saturated rings. The van der Waals surface area contributed by atoms with Crippen molar-refractivity contribution in [1.29, 1.82) is 0 Å². The van der Waals surface area contributed by atoms with Gasteiger partial charge < -0.3 is 14.8 Å². The largest absolute Gasteiger partial charge is 0.474 e. The van der Waals surface area contributed by atoms with Crippen LogP contribution in [-0.2, 0) is 9.53 Å². The van der Waals surface area contributed by atoms with Gasteiger partial charge in [-0.25, -0.2) is 4.98 Å². The molecule has 6 heteroatoms. The number of nitrogens with zero attached hydrogens (tertiary/aromatic N) is 1. The zero-order chi connectivity index (χ0) is 16.0. The first-order valence-electron chi connectivity index (χ1n) is 7.67. The SMILES string of the molecule is CC[C@@](C)(COc1ncccc1Cl)NC(=O)[C@@H]1CCCOC1. The Kier molecular flexibility index (Phi) is 6.03.